The van der Waals surface area contributed by atoms with E-state index in [1.807, 2.05) is 41.8 Å². The number of amides is 1. The Labute approximate surface area is 204 Å². The van der Waals surface area contributed by atoms with Crippen LogP contribution in [-0.4, -0.2) is 64.5 Å². The molecule has 0 bridgehead atoms. The molecule has 1 amide bonds. The lowest BCUT2D eigenvalue weighted by molar-refractivity contribution is 0.0856. The van der Waals surface area contributed by atoms with E-state index in [4.69, 9.17) is 9.47 Å². The van der Waals surface area contributed by atoms with Crippen LogP contribution in [0.4, 0.5) is 4.79 Å². The summed E-state index contributed by atoms with van der Waals surface area (Å²) in [6.07, 6.45) is 0.622. The number of benzene rings is 2. The van der Waals surface area contributed by atoms with E-state index in [-0.39, 0.29) is 11.6 Å². The Morgan fingerprint density at radius 3 is 2.51 bits per heavy atom. The minimum absolute atomic E-state index is 0.00877. The lowest BCUT2D eigenvalue weighted by Gasteiger charge is -2.37. The van der Waals surface area contributed by atoms with Gasteiger partial charge in [0, 0.05) is 44.8 Å². The first-order valence-electron chi connectivity index (χ1n) is 12.2. The Bertz CT molecular complexity index is 1280. The first-order chi connectivity index (χ1) is 17.0. The minimum atomic E-state index is -0.906. The molecule has 0 saturated carbocycles. The molecule has 0 unspecified atom stereocenters. The summed E-state index contributed by atoms with van der Waals surface area (Å²) in [6.45, 7) is 6.36. The van der Waals surface area contributed by atoms with Crippen LogP contribution in [0.3, 0.4) is 0 Å². The summed E-state index contributed by atoms with van der Waals surface area (Å²) in [5.74, 6) is 1.38. The summed E-state index contributed by atoms with van der Waals surface area (Å²) in [7, 11) is 0. The summed E-state index contributed by atoms with van der Waals surface area (Å²) < 4.78 is 13.1. The molecule has 0 aliphatic carbocycles. The second-order valence-corrected chi connectivity index (χ2v) is 9.35. The van der Waals surface area contributed by atoms with E-state index in [1.54, 1.807) is 11.0 Å². The zero-order valence-electron chi connectivity index (χ0n) is 20.0. The second kappa shape index (κ2) is 10.00. The normalized spacial score (nSPS) is 16.4. The smallest absolute Gasteiger partial charge is 0.407 e. The molecule has 5 rings (SSSR count). The van der Waals surface area contributed by atoms with Gasteiger partial charge in [0.25, 0.3) is 5.56 Å². The summed E-state index contributed by atoms with van der Waals surface area (Å²) in [5.41, 5.74) is 2.99. The van der Waals surface area contributed by atoms with Crippen LogP contribution in [0.2, 0.25) is 0 Å². The van der Waals surface area contributed by atoms with Crippen molar-refractivity contribution in [2.24, 2.45) is 0 Å². The molecule has 1 fully saturated rings. The van der Waals surface area contributed by atoms with Crippen LogP contribution in [0.15, 0.2) is 53.3 Å². The van der Waals surface area contributed by atoms with Crippen LogP contribution >= 0.6 is 0 Å². The number of piperidine rings is 1. The average molecular weight is 478 g/mol. The summed E-state index contributed by atoms with van der Waals surface area (Å²) in [4.78, 5) is 28.5. The van der Waals surface area contributed by atoms with Crippen molar-refractivity contribution in [1.29, 1.82) is 0 Å². The third kappa shape index (κ3) is 5.12. The van der Waals surface area contributed by atoms with E-state index in [0.717, 1.165) is 54.5 Å². The van der Waals surface area contributed by atoms with Crippen molar-refractivity contribution in [3.05, 3.63) is 70.0 Å². The Kier molecular flexibility index (Phi) is 6.63. The van der Waals surface area contributed by atoms with Crippen LogP contribution < -0.4 is 15.0 Å². The average Bonchev–Trinajstić information content (AvgIpc) is 2.87. The predicted octanol–water partition coefficient (Wildman–Crippen LogP) is 3.73. The van der Waals surface area contributed by atoms with Gasteiger partial charge in [0.15, 0.2) is 11.5 Å². The zero-order chi connectivity index (χ0) is 24.4. The maximum Gasteiger partial charge on any atom is 0.407 e. The van der Waals surface area contributed by atoms with Crippen LogP contribution in [0.1, 0.15) is 24.0 Å². The highest BCUT2D eigenvalue weighted by atomic mass is 16.6. The van der Waals surface area contributed by atoms with Gasteiger partial charge in [0.2, 0.25) is 0 Å². The molecule has 2 aliphatic rings. The van der Waals surface area contributed by atoms with E-state index >= 15 is 0 Å². The Balaban J connectivity index is 1.21. The molecule has 0 spiro atoms. The fraction of sp³-hybridized carbons (Fsp3) is 0.407. The molecule has 1 saturated heterocycles. The van der Waals surface area contributed by atoms with Gasteiger partial charge < -0.3 is 28.9 Å². The monoisotopic (exact) mass is 477 g/mol. The van der Waals surface area contributed by atoms with Crippen molar-refractivity contribution in [1.82, 2.24) is 14.4 Å². The molecule has 3 aromatic rings. The first kappa shape index (κ1) is 23.2. The SMILES string of the molecule is Cc1ccc2ccc(=O)n(CCN3CCC(N(Cc4ccc5c(c4)OCCO5)C(=O)O)CC3)c2c1. The van der Waals surface area contributed by atoms with Crippen molar-refractivity contribution in [3.8, 4) is 11.5 Å². The molecule has 2 aliphatic heterocycles. The second-order valence-electron chi connectivity index (χ2n) is 9.35. The number of hydrogen-bond acceptors (Lipinski definition) is 5. The molecule has 0 radical (unpaired) electrons. The topological polar surface area (TPSA) is 84.2 Å². The van der Waals surface area contributed by atoms with Gasteiger partial charge in [-0.3, -0.25) is 4.79 Å². The minimum Gasteiger partial charge on any atom is -0.486 e. The Morgan fingerprint density at radius 1 is 1.00 bits per heavy atom. The van der Waals surface area contributed by atoms with E-state index < -0.39 is 6.09 Å². The van der Waals surface area contributed by atoms with Gasteiger partial charge in [-0.1, -0.05) is 18.2 Å². The van der Waals surface area contributed by atoms with E-state index in [1.165, 1.54) is 0 Å². The standard InChI is InChI=1S/C27H31N3O5/c1-19-2-4-21-5-7-26(31)29(23(21)16-19)13-12-28-10-8-22(9-11-28)30(27(32)33)18-20-3-6-24-25(17-20)35-15-14-34-24/h2-7,16-17,22H,8-15,18H2,1H3,(H,32,33). The fourth-order valence-electron chi connectivity index (χ4n) is 5.06. The molecular weight excluding hydrogens is 446 g/mol. The van der Waals surface area contributed by atoms with Crippen LogP contribution in [0.5, 0.6) is 11.5 Å². The molecule has 1 N–H and O–H groups in total. The largest absolute Gasteiger partial charge is 0.486 e. The Morgan fingerprint density at radius 2 is 1.74 bits per heavy atom. The molecule has 3 heterocycles. The number of fused-ring (bicyclic) bond motifs is 2. The Hall–Kier alpha value is -3.52. The number of nitrogens with zero attached hydrogens (tertiary/aromatic N) is 3. The number of aromatic nitrogens is 1. The molecule has 8 nitrogen and oxygen atoms in total. The van der Waals surface area contributed by atoms with Crippen molar-refractivity contribution in [2.45, 2.75) is 38.9 Å². The summed E-state index contributed by atoms with van der Waals surface area (Å²) in [5, 5.41) is 11.0. The molecule has 35 heavy (non-hydrogen) atoms. The third-order valence-corrected chi connectivity index (χ3v) is 6.99. The molecule has 2 aromatic carbocycles. The number of pyridine rings is 1. The highest BCUT2D eigenvalue weighted by Crippen LogP contribution is 2.31. The van der Waals surface area contributed by atoms with Crippen LogP contribution in [0.25, 0.3) is 10.9 Å². The van der Waals surface area contributed by atoms with Gasteiger partial charge in [-0.15, -0.1) is 0 Å². The number of carbonyl (C=O) groups is 1. The van der Waals surface area contributed by atoms with E-state index in [9.17, 15) is 14.7 Å². The van der Waals surface area contributed by atoms with E-state index in [0.29, 0.717) is 37.8 Å². The number of aryl methyl sites for hydroxylation is 1. The molecule has 1 aromatic heterocycles. The lowest BCUT2D eigenvalue weighted by atomic mass is 10.0. The predicted molar refractivity (Wildman–Crippen MR) is 133 cm³/mol. The van der Waals surface area contributed by atoms with Gasteiger partial charge in [0.1, 0.15) is 13.2 Å². The number of ether oxygens (including phenoxy) is 2. The van der Waals surface area contributed by atoms with Crippen molar-refractivity contribution in [2.75, 3.05) is 32.8 Å². The van der Waals surface area contributed by atoms with Gasteiger partial charge in [-0.05, 0) is 60.5 Å². The fourth-order valence-corrected chi connectivity index (χ4v) is 5.06. The third-order valence-electron chi connectivity index (χ3n) is 6.99. The number of hydrogen-bond donors (Lipinski definition) is 1. The summed E-state index contributed by atoms with van der Waals surface area (Å²) >= 11 is 0. The van der Waals surface area contributed by atoms with Gasteiger partial charge in [0.05, 0.1) is 5.52 Å². The molecular formula is C27H31N3O5. The van der Waals surface area contributed by atoms with Gasteiger partial charge in [-0.25, -0.2) is 4.79 Å². The number of rotatable bonds is 6. The number of likely N-dealkylation sites (tertiary alicyclic amines) is 1. The van der Waals surface area contributed by atoms with Gasteiger partial charge >= 0.3 is 6.09 Å². The molecule has 8 heteroatoms. The maximum atomic E-state index is 12.6. The number of carboxylic acid groups (broad SMARTS) is 1. The van der Waals surface area contributed by atoms with Crippen molar-refractivity contribution >= 4 is 17.0 Å². The van der Waals surface area contributed by atoms with E-state index in [2.05, 4.69) is 17.0 Å². The summed E-state index contributed by atoms with van der Waals surface area (Å²) in [6, 6.07) is 15.3. The first-order valence-corrected chi connectivity index (χ1v) is 12.2. The van der Waals surface area contributed by atoms with Crippen molar-refractivity contribution < 1.29 is 19.4 Å². The van der Waals surface area contributed by atoms with Crippen LogP contribution in [-0.2, 0) is 13.1 Å². The lowest BCUT2D eigenvalue weighted by Crippen LogP contribution is -2.47. The van der Waals surface area contributed by atoms with Gasteiger partial charge in [-0.2, -0.15) is 0 Å². The van der Waals surface area contributed by atoms with Crippen LogP contribution in [0, 0.1) is 6.92 Å². The quantitative estimate of drug-likeness (QED) is 0.583. The molecule has 184 valence electrons. The highest BCUT2D eigenvalue weighted by molar-refractivity contribution is 5.79. The zero-order valence-corrected chi connectivity index (χ0v) is 20.0. The maximum absolute atomic E-state index is 12.6. The molecule has 0 atom stereocenters. The van der Waals surface area contributed by atoms with Crippen molar-refractivity contribution in [3.63, 3.8) is 0 Å². The highest BCUT2D eigenvalue weighted by Gasteiger charge is 2.28.